The zero-order valence-corrected chi connectivity index (χ0v) is 21.4. The van der Waals surface area contributed by atoms with Gasteiger partial charge in [-0.2, -0.15) is 4.31 Å². The fraction of sp³-hybridized carbons (Fsp3) is 0.148. The van der Waals surface area contributed by atoms with Crippen LogP contribution in [-0.4, -0.2) is 65.1 Å². The number of ether oxygens (including phenoxy) is 1. The summed E-state index contributed by atoms with van der Waals surface area (Å²) in [6, 6.07) is 17.5. The zero-order chi connectivity index (χ0) is 27.0. The SMILES string of the molecule is O=C(O)c1ccccc1Nc1c(S(=O)(=O)N2CCOCC2)cnc2ccc(Nc3ccc4[nH]cnc4c3)cc12. The van der Waals surface area contributed by atoms with Gasteiger partial charge in [-0.3, -0.25) is 4.98 Å². The van der Waals surface area contributed by atoms with E-state index in [1.807, 2.05) is 24.3 Å². The van der Waals surface area contributed by atoms with Crippen LogP contribution in [0.5, 0.6) is 0 Å². The summed E-state index contributed by atoms with van der Waals surface area (Å²) < 4.78 is 34.3. The van der Waals surface area contributed by atoms with Crippen molar-refractivity contribution in [2.75, 3.05) is 36.9 Å². The lowest BCUT2D eigenvalue weighted by molar-refractivity contribution is 0.0698. The highest BCUT2D eigenvalue weighted by Crippen LogP contribution is 2.36. The Labute approximate surface area is 223 Å². The van der Waals surface area contributed by atoms with Crippen molar-refractivity contribution in [3.8, 4) is 0 Å². The second-order valence-corrected chi connectivity index (χ2v) is 10.9. The summed E-state index contributed by atoms with van der Waals surface area (Å²) in [6.07, 6.45) is 2.94. The van der Waals surface area contributed by atoms with E-state index >= 15 is 0 Å². The third-order valence-electron chi connectivity index (χ3n) is 6.55. The summed E-state index contributed by atoms with van der Waals surface area (Å²) in [5, 5.41) is 16.7. The minimum atomic E-state index is -3.98. The molecule has 1 saturated heterocycles. The van der Waals surface area contributed by atoms with Crippen molar-refractivity contribution >= 4 is 60.7 Å². The number of aromatic nitrogens is 3. The normalized spacial score (nSPS) is 14.5. The quantitative estimate of drug-likeness (QED) is 0.235. The number of benzene rings is 3. The molecule has 0 saturated carbocycles. The van der Waals surface area contributed by atoms with E-state index in [0.717, 1.165) is 16.7 Å². The second-order valence-electron chi connectivity index (χ2n) is 8.98. The molecule has 0 radical (unpaired) electrons. The summed E-state index contributed by atoms with van der Waals surface area (Å²) in [6.45, 7) is 1.00. The lowest BCUT2D eigenvalue weighted by atomic mass is 10.1. The highest BCUT2D eigenvalue weighted by atomic mass is 32.2. The number of aromatic carboxylic acids is 1. The van der Waals surface area contributed by atoms with Crippen LogP contribution in [0.1, 0.15) is 10.4 Å². The van der Waals surface area contributed by atoms with Gasteiger partial charge in [-0.1, -0.05) is 12.1 Å². The zero-order valence-electron chi connectivity index (χ0n) is 20.6. The fourth-order valence-corrected chi connectivity index (χ4v) is 6.11. The summed E-state index contributed by atoms with van der Waals surface area (Å²) >= 11 is 0. The van der Waals surface area contributed by atoms with Crippen LogP contribution in [0.4, 0.5) is 22.7 Å². The molecule has 12 heteroatoms. The van der Waals surface area contributed by atoms with Crippen LogP contribution in [-0.2, 0) is 14.8 Å². The molecule has 3 aromatic carbocycles. The Hall–Kier alpha value is -4.52. The van der Waals surface area contributed by atoms with Crippen molar-refractivity contribution in [3.63, 3.8) is 0 Å². The standard InChI is InChI=1S/C27H24N6O5S/c34-27(35)19-3-1-2-4-22(19)32-26-20-13-17(31-18-6-8-23-24(14-18)30-16-29-23)5-7-21(20)28-15-25(26)39(36,37)33-9-11-38-12-10-33/h1-8,13-16,31H,9-12H2,(H,28,32)(H,29,30)(H,34,35). The number of imidazole rings is 1. The number of carboxylic acid groups (broad SMARTS) is 1. The number of anilines is 4. The number of carboxylic acids is 1. The Kier molecular flexibility index (Phi) is 6.35. The smallest absolute Gasteiger partial charge is 0.337 e. The van der Waals surface area contributed by atoms with Crippen molar-refractivity contribution in [2.45, 2.75) is 4.90 Å². The molecular formula is C27H24N6O5S. The van der Waals surface area contributed by atoms with E-state index in [1.54, 1.807) is 36.7 Å². The summed E-state index contributed by atoms with van der Waals surface area (Å²) in [7, 11) is -3.98. The van der Waals surface area contributed by atoms with Gasteiger partial charge >= 0.3 is 5.97 Å². The van der Waals surface area contributed by atoms with Crippen LogP contribution in [0.3, 0.4) is 0 Å². The molecule has 1 aliphatic rings. The molecular weight excluding hydrogens is 520 g/mol. The number of para-hydroxylation sites is 1. The Balaban J connectivity index is 1.49. The topological polar surface area (TPSA) is 150 Å². The van der Waals surface area contributed by atoms with Crippen LogP contribution in [0.2, 0.25) is 0 Å². The number of hydrogen-bond acceptors (Lipinski definition) is 8. The predicted octanol–water partition coefficient (Wildman–Crippen LogP) is 4.32. The van der Waals surface area contributed by atoms with E-state index in [4.69, 9.17) is 4.74 Å². The van der Waals surface area contributed by atoms with Crippen molar-refractivity contribution in [1.29, 1.82) is 0 Å². The molecule has 1 fully saturated rings. The van der Waals surface area contributed by atoms with E-state index in [1.165, 1.54) is 16.6 Å². The first kappa shape index (κ1) is 24.8. The number of pyridine rings is 1. The maximum Gasteiger partial charge on any atom is 0.337 e. The van der Waals surface area contributed by atoms with E-state index in [9.17, 15) is 18.3 Å². The molecule has 0 atom stereocenters. The molecule has 39 heavy (non-hydrogen) atoms. The number of aromatic amines is 1. The van der Waals surface area contributed by atoms with E-state index in [2.05, 4.69) is 25.6 Å². The lowest BCUT2D eigenvalue weighted by Crippen LogP contribution is -2.40. The van der Waals surface area contributed by atoms with Crippen LogP contribution in [0, 0.1) is 0 Å². The van der Waals surface area contributed by atoms with Gasteiger partial charge < -0.3 is 25.5 Å². The second kappa shape index (κ2) is 9.98. The molecule has 0 aliphatic carbocycles. The highest BCUT2D eigenvalue weighted by molar-refractivity contribution is 7.89. The molecule has 3 heterocycles. The first-order valence-electron chi connectivity index (χ1n) is 12.2. The molecule has 0 amide bonds. The number of carbonyl (C=O) groups is 1. The number of nitrogens with one attached hydrogen (secondary N) is 3. The van der Waals surface area contributed by atoms with Crippen LogP contribution >= 0.6 is 0 Å². The van der Waals surface area contributed by atoms with Gasteiger partial charge in [0.05, 0.1) is 53.0 Å². The van der Waals surface area contributed by atoms with Gasteiger partial charge in [-0.15, -0.1) is 0 Å². The molecule has 0 spiro atoms. The minimum Gasteiger partial charge on any atom is -0.478 e. The Morgan fingerprint density at radius 1 is 0.949 bits per heavy atom. The number of H-pyrrole nitrogens is 1. The molecule has 2 aromatic heterocycles. The third-order valence-corrected chi connectivity index (χ3v) is 8.46. The van der Waals surface area contributed by atoms with E-state index in [0.29, 0.717) is 29.8 Å². The average molecular weight is 545 g/mol. The molecule has 1 aliphatic heterocycles. The molecule has 5 aromatic rings. The van der Waals surface area contributed by atoms with Gasteiger partial charge in [0.1, 0.15) is 4.90 Å². The average Bonchev–Trinajstić information content (AvgIpc) is 3.42. The van der Waals surface area contributed by atoms with Crippen molar-refractivity contribution in [3.05, 3.63) is 78.8 Å². The monoisotopic (exact) mass is 544 g/mol. The summed E-state index contributed by atoms with van der Waals surface area (Å²) in [5.41, 5.74) is 4.25. The molecule has 0 unspecified atom stereocenters. The highest BCUT2D eigenvalue weighted by Gasteiger charge is 2.30. The van der Waals surface area contributed by atoms with Gasteiger partial charge in [0.25, 0.3) is 0 Å². The number of fused-ring (bicyclic) bond motifs is 2. The van der Waals surface area contributed by atoms with Crippen LogP contribution < -0.4 is 10.6 Å². The summed E-state index contributed by atoms with van der Waals surface area (Å²) in [4.78, 5) is 23.7. The van der Waals surface area contributed by atoms with Gasteiger partial charge in [-0.25, -0.2) is 18.2 Å². The van der Waals surface area contributed by atoms with Crippen LogP contribution in [0.25, 0.3) is 21.9 Å². The maximum atomic E-state index is 13.8. The Morgan fingerprint density at radius 2 is 1.72 bits per heavy atom. The number of sulfonamides is 1. The predicted molar refractivity (Wildman–Crippen MR) is 147 cm³/mol. The minimum absolute atomic E-state index is 0.0127. The lowest BCUT2D eigenvalue weighted by Gasteiger charge is -2.27. The summed E-state index contributed by atoms with van der Waals surface area (Å²) in [5.74, 6) is -1.13. The number of nitrogens with zero attached hydrogens (tertiary/aromatic N) is 3. The molecule has 11 nitrogen and oxygen atoms in total. The van der Waals surface area contributed by atoms with Gasteiger partial charge in [0, 0.05) is 36.0 Å². The van der Waals surface area contributed by atoms with Crippen molar-refractivity contribution in [1.82, 2.24) is 19.3 Å². The number of hydrogen-bond donors (Lipinski definition) is 4. The first-order valence-corrected chi connectivity index (χ1v) is 13.6. The van der Waals surface area contributed by atoms with E-state index in [-0.39, 0.29) is 34.9 Å². The fourth-order valence-electron chi connectivity index (χ4n) is 4.59. The van der Waals surface area contributed by atoms with Crippen molar-refractivity contribution < 1.29 is 23.1 Å². The van der Waals surface area contributed by atoms with Crippen molar-refractivity contribution in [2.24, 2.45) is 0 Å². The maximum absolute atomic E-state index is 13.8. The number of morpholine rings is 1. The van der Waals surface area contributed by atoms with E-state index < -0.39 is 16.0 Å². The number of rotatable bonds is 7. The first-order chi connectivity index (χ1) is 18.9. The molecule has 0 bridgehead atoms. The Morgan fingerprint density at radius 3 is 2.54 bits per heavy atom. The van der Waals surface area contributed by atoms with Gasteiger partial charge in [-0.05, 0) is 48.5 Å². The van der Waals surface area contributed by atoms with Crippen LogP contribution in [0.15, 0.2) is 78.1 Å². The largest absolute Gasteiger partial charge is 0.478 e. The molecule has 198 valence electrons. The molecule has 4 N–H and O–H groups in total. The third kappa shape index (κ3) is 4.76. The molecule has 6 rings (SSSR count). The van der Waals surface area contributed by atoms with Gasteiger partial charge in [0.15, 0.2) is 0 Å². The Bertz CT molecular complexity index is 1810. The van der Waals surface area contributed by atoms with Gasteiger partial charge in [0.2, 0.25) is 10.0 Å².